The highest BCUT2D eigenvalue weighted by Crippen LogP contribution is 2.15. The van der Waals surface area contributed by atoms with Gasteiger partial charge in [0.1, 0.15) is 0 Å². The first-order valence-electron chi connectivity index (χ1n) is 5.16. The largest absolute Gasteiger partial charge is 0.387 e. The van der Waals surface area contributed by atoms with Crippen LogP contribution in [0.4, 0.5) is 0 Å². The van der Waals surface area contributed by atoms with Crippen molar-refractivity contribution in [3.63, 3.8) is 0 Å². The topological polar surface area (TPSA) is 32.3 Å². The van der Waals surface area contributed by atoms with Gasteiger partial charge >= 0.3 is 0 Å². The predicted octanol–water partition coefficient (Wildman–Crippen LogP) is 2.35. The van der Waals surface area contributed by atoms with Gasteiger partial charge in [0.15, 0.2) is 0 Å². The van der Waals surface area contributed by atoms with Crippen molar-refractivity contribution < 1.29 is 5.11 Å². The Labute approximate surface area is 87.0 Å². The zero-order valence-corrected chi connectivity index (χ0v) is 9.49. The summed E-state index contributed by atoms with van der Waals surface area (Å²) in [5.74, 6) is 0. The van der Waals surface area contributed by atoms with Crippen LogP contribution in [0.2, 0.25) is 0 Å². The average molecular weight is 195 g/mol. The number of rotatable bonds is 3. The Balaban J connectivity index is 0.000000791. The summed E-state index contributed by atoms with van der Waals surface area (Å²) < 4.78 is 0. The number of aliphatic hydroxyl groups excluding tert-OH is 1. The number of hydrogen-bond donors (Lipinski definition) is 2. The average Bonchev–Trinajstić information content (AvgIpc) is 2.31. The molecule has 0 aliphatic heterocycles. The van der Waals surface area contributed by atoms with Crippen molar-refractivity contribution in [1.82, 2.24) is 5.32 Å². The molecule has 14 heavy (non-hydrogen) atoms. The van der Waals surface area contributed by atoms with E-state index in [2.05, 4.69) is 5.32 Å². The van der Waals surface area contributed by atoms with Gasteiger partial charge in [-0.2, -0.15) is 0 Å². The molecule has 0 saturated heterocycles. The van der Waals surface area contributed by atoms with Crippen LogP contribution in [0.5, 0.6) is 0 Å². The Hall–Kier alpha value is -0.860. The molecule has 1 aromatic carbocycles. The molecule has 0 aliphatic rings. The zero-order valence-electron chi connectivity index (χ0n) is 9.49. The molecule has 1 rings (SSSR count). The second-order valence-electron chi connectivity index (χ2n) is 2.93. The highest BCUT2D eigenvalue weighted by atomic mass is 16.3. The number of nitrogens with one attached hydrogen (secondary N) is 1. The van der Waals surface area contributed by atoms with Gasteiger partial charge in [-0.3, -0.25) is 0 Å². The molecule has 0 bridgehead atoms. The fourth-order valence-corrected chi connectivity index (χ4v) is 1.10. The first-order chi connectivity index (χ1) is 6.75. The van der Waals surface area contributed by atoms with Crippen LogP contribution < -0.4 is 5.32 Å². The van der Waals surface area contributed by atoms with Gasteiger partial charge < -0.3 is 10.4 Å². The molecule has 2 nitrogen and oxygen atoms in total. The summed E-state index contributed by atoms with van der Waals surface area (Å²) in [6, 6.07) is 9.76. The Kier molecular flexibility index (Phi) is 7.07. The fraction of sp³-hybridized carbons (Fsp3) is 0.500. The minimum absolute atomic E-state index is 0.0902. The Morgan fingerprint density at radius 2 is 1.64 bits per heavy atom. The molecule has 0 radical (unpaired) electrons. The summed E-state index contributed by atoms with van der Waals surface area (Å²) in [5.41, 5.74) is 0.958. The van der Waals surface area contributed by atoms with Crippen LogP contribution in [0.25, 0.3) is 0 Å². The molecule has 0 saturated carbocycles. The molecule has 1 aromatic rings. The third-order valence-electron chi connectivity index (χ3n) is 2.07. The number of likely N-dealkylation sites (N-methyl/N-ethyl adjacent to an activating group) is 1. The minimum Gasteiger partial charge on any atom is -0.387 e. The molecule has 0 aliphatic carbocycles. The summed E-state index contributed by atoms with van der Waals surface area (Å²) in [6.45, 7) is 5.96. The normalized spacial score (nSPS) is 13.8. The van der Waals surface area contributed by atoms with Crippen LogP contribution >= 0.6 is 0 Å². The van der Waals surface area contributed by atoms with Gasteiger partial charge in [0, 0.05) is 6.04 Å². The van der Waals surface area contributed by atoms with E-state index < -0.39 is 6.10 Å². The van der Waals surface area contributed by atoms with E-state index in [4.69, 9.17) is 0 Å². The van der Waals surface area contributed by atoms with E-state index in [0.29, 0.717) is 0 Å². The summed E-state index contributed by atoms with van der Waals surface area (Å²) in [5, 5.41) is 12.7. The number of aliphatic hydroxyl groups is 1. The second-order valence-corrected chi connectivity index (χ2v) is 2.93. The van der Waals surface area contributed by atoms with Crippen LogP contribution in [0.1, 0.15) is 32.4 Å². The smallest absolute Gasteiger partial charge is 0.0940 e. The molecule has 0 spiro atoms. The van der Waals surface area contributed by atoms with Crippen molar-refractivity contribution in [2.75, 3.05) is 7.05 Å². The van der Waals surface area contributed by atoms with E-state index in [1.807, 2.05) is 58.2 Å². The third-order valence-corrected chi connectivity index (χ3v) is 2.07. The monoisotopic (exact) mass is 195 g/mol. The summed E-state index contributed by atoms with van der Waals surface area (Å²) in [4.78, 5) is 0. The van der Waals surface area contributed by atoms with Gasteiger partial charge in [0.25, 0.3) is 0 Å². The first kappa shape index (κ1) is 13.1. The summed E-state index contributed by atoms with van der Waals surface area (Å²) >= 11 is 0. The van der Waals surface area contributed by atoms with Crippen molar-refractivity contribution in [2.45, 2.75) is 32.9 Å². The molecule has 2 N–H and O–H groups in total. The molecule has 0 unspecified atom stereocenters. The Morgan fingerprint density at radius 1 is 1.14 bits per heavy atom. The SMILES string of the molecule is CC.CN[C@@H](C)[C@H](O)c1ccccc1. The van der Waals surface area contributed by atoms with E-state index in [-0.39, 0.29) is 6.04 Å². The lowest BCUT2D eigenvalue weighted by Crippen LogP contribution is -2.28. The van der Waals surface area contributed by atoms with Gasteiger partial charge in [-0.15, -0.1) is 0 Å². The maximum Gasteiger partial charge on any atom is 0.0940 e. The van der Waals surface area contributed by atoms with E-state index in [9.17, 15) is 5.11 Å². The van der Waals surface area contributed by atoms with Gasteiger partial charge in [-0.25, -0.2) is 0 Å². The van der Waals surface area contributed by atoms with E-state index in [0.717, 1.165) is 5.56 Å². The lowest BCUT2D eigenvalue weighted by atomic mass is 10.0. The molecule has 0 amide bonds. The van der Waals surface area contributed by atoms with E-state index in [1.54, 1.807) is 0 Å². The van der Waals surface area contributed by atoms with Gasteiger partial charge in [-0.1, -0.05) is 44.2 Å². The van der Waals surface area contributed by atoms with Gasteiger partial charge in [-0.05, 0) is 19.5 Å². The number of benzene rings is 1. The number of hydrogen-bond acceptors (Lipinski definition) is 2. The van der Waals surface area contributed by atoms with Crippen LogP contribution in [0.3, 0.4) is 0 Å². The molecular weight excluding hydrogens is 174 g/mol. The predicted molar refractivity (Wildman–Crippen MR) is 61.3 cm³/mol. The quantitative estimate of drug-likeness (QED) is 0.776. The van der Waals surface area contributed by atoms with E-state index in [1.165, 1.54) is 0 Å². The van der Waals surface area contributed by atoms with Crippen LogP contribution in [-0.2, 0) is 0 Å². The second kappa shape index (κ2) is 7.54. The highest BCUT2D eigenvalue weighted by molar-refractivity contribution is 5.18. The maximum atomic E-state index is 9.73. The van der Waals surface area contributed by atoms with Crippen molar-refractivity contribution >= 4 is 0 Å². The standard InChI is InChI=1S/C10H15NO.C2H6/c1-8(11-2)10(12)9-6-4-3-5-7-9;1-2/h3-8,10-12H,1-2H3;1-2H3/t8-,10-;/m0./s1. The third kappa shape index (κ3) is 3.90. The Bertz CT molecular complexity index is 223. The van der Waals surface area contributed by atoms with E-state index >= 15 is 0 Å². The first-order valence-corrected chi connectivity index (χ1v) is 5.16. The zero-order chi connectivity index (χ0) is 11.0. The molecule has 0 aromatic heterocycles. The van der Waals surface area contributed by atoms with Crippen molar-refractivity contribution in [3.05, 3.63) is 35.9 Å². The van der Waals surface area contributed by atoms with Crippen LogP contribution in [-0.4, -0.2) is 18.2 Å². The van der Waals surface area contributed by atoms with Crippen LogP contribution in [0, 0.1) is 0 Å². The molecular formula is C12H21NO. The molecule has 0 fully saturated rings. The van der Waals surface area contributed by atoms with Crippen molar-refractivity contribution in [2.24, 2.45) is 0 Å². The Morgan fingerprint density at radius 3 is 2.07 bits per heavy atom. The fourth-order valence-electron chi connectivity index (χ4n) is 1.10. The van der Waals surface area contributed by atoms with Gasteiger partial charge in [0.2, 0.25) is 0 Å². The van der Waals surface area contributed by atoms with Crippen molar-refractivity contribution in [3.8, 4) is 0 Å². The molecule has 2 atom stereocenters. The lowest BCUT2D eigenvalue weighted by molar-refractivity contribution is 0.140. The minimum atomic E-state index is -0.420. The molecule has 2 heteroatoms. The highest BCUT2D eigenvalue weighted by Gasteiger charge is 2.12. The van der Waals surface area contributed by atoms with Crippen LogP contribution in [0.15, 0.2) is 30.3 Å². The van der Waals surface area contributed by atoms with Gasteiger partial charge in [0.05, 0.1) is 6.10 Å². The molecule has 0 heterocycles. The summed E-state index contributed by atoms with van der Waals surface area (Å²) in [7, 11) is 1.84. The maximum absolute atomic E-state index is 9.73. The lowest BCUT2D eigenvalue weighted by Gasteiger charge is -2.17. The summed E-state index contributed by atoms with van der Waals surface area (Å²) in [6.07, 6.45) is -0.420. The molecule has 80 valence electrons. The van der Waals surface area contributed by atoms with Crippen molar-refractivity contribution in [1.29, 1.82) is 0 Å².